The van der Waals surface area contributed by atoms with Gasteiger partial charge in [-0.05, 0) is 50.1 Å². The summed E-state index contributed by atoms with van der Waals surface area (Å²) in [5.41, 5.74) is 4.72. The summed E-state index contributed by atoms with van der Waals surface area (Å²) in [5, 5.41) is 6.31. The average molecular weight is 375 g/mol. The molecule has 2 aromatic carbocycles. The molecule has 138 valence electrons. The lowest BCUT2D eigenvalue weighted by atomic mass is 10.1. The Morgan fingerprint density at radius 3 is 2.12 bits per heavy atom. The number of rotatable bonds is 6. The van der Waals surface area contributed by atoms with E-state index in [2.05, 4.69) is 10.6 Å². The lowest BCUT2D eigenvalue weighted by Gasteiger charge is -2.16. The van der Waals surface area contributed by atoms with Crippen molar-refractivity contribution < 1.29 is 14.5 Å². The number of benzene rings is 2. The van der Waals surface area contributed by atoms with Crippen LogP contribution in [0.25, 0.3) is 0 Å². The standard InChI is InChI=1S/C20H24ClN3O2/c1-13-8-14(2)20(15(3)9-13)23-19(26)12-24(4)11-18(25)22-17-7-5-6-16(21)10-17/h5-10H,11-12H2,1-4H3,(H,22,25)(H,23,26)/p+1. The van der Waals surface area contributed by atoms with E-state index in [0.717, 1.165) is 21.7 Å². The van der Waals surface area contributed by atoms with Gasteiger partial charge in [0.05, 0.1) is 7.05 Å². The molecule has 0 saturated carbocycles. The first-order valence-corrected chi connectivity index (χ1v) is 8.87. The normalized spacial score (nSPS) is 11.7. The molecule has 2 amide bonds. The number of halogens is 1. The maximum atomic E-state index is 12.3. The van der Waals surface area contributed by atoms with Gasteiger partial charge in [0.1, 0.15) is 0 Å². The number of aryl methyl sites for hydroxylation is 3. The third-order valence-electron chi connectivity index (χ3n) is 3.97. The van der Waals surface area contributed by atoms with Crippen LogP contribution in [0, 0.1) is 20.8 Å². The molecule has 2 rings (SSSR count). The van der Waals surface area contributed by atoms with Crippen molar-refractivity contribution in [1.82, 2.24) is 0 Å². The second-order valence-corrected chi connectivity index (χ2v) is 7.13. The molecule has 0 aromatic heterocycles. The van der Waals surface area contributed by atoms with E-state index < -0.39 is 0 Å². The molecule has 3 N–H and O–H groups in total. The number of nitrogens with one attached hydrogen (secondary N) is 3. The number of hydrogen-bond donors (Lipinski definition) is 3. The third-order valence-corrected chi connectivity index (χ3v) is 4.21. The Balaban J connectivity index is 1.88. The second-order valence-electron chi connectivity index (χ2n) is 6.69. The topological polar surface area (TPSA) is 62.6 Å². The van der Waals surface area contributed by atoms with Crippen LogP contribution in [0.4, 0.5) is 11.4 Å². The van der Waals surface area contributed by atoms with E-state index in [4.69, 9.17) is 11.6 Å². The zero-order valence-electron chi connectivity index (χ0n) is 15.6. The summed E-state index contributed by atoms with van der Waals surface area (Å²) in [5.74, 6) is -0.284. The van der Waals surface area contributed by atoms with Crippen molar-refractivity contribution >= 4 is 34.8 Å². The molecule has 2 aromatic rings. The van der Waals surface area contributed by atoms with Crippen molar-refractivity contribution in [1.29, 1.82) is 0 Å². The summed E-state index contributed by atoms with van der Waals surface area (Å²) >= 11 is 5.91. The van der Waals surface area contributed by atoms with Crippen LogP contribution < -0.4 is 15.5 Å². The van der Waals surface area contributed by atoms with Crippen LogP contribution in [0.2, 0.25) is 5.02 Å². The van der Waals surface area contributed by atoms with E-state index in [-0.39, 0.29) is 24.9 Å². The maximum absolute atomic E-state index is 12.3. The highest BCUT2D eigenvalue weighted by Gasteiger charge is 2.16. The summed E-state index contributed by atoms with van der Waals surface area (Å²) in [4.78, 5) is 25.2. The molecule has 0 heterocycles. The van der Waals surface area contributed by atoms with Crippen molar-refractivity contribution in [2.45, 2.75) is 20.8 Å². The number of carbonyl (C=O) groups excluding carboxylic acids is 2. The summed E-state index contributed by atoms with van der Waals surface area (Å²) in [6.45, 7) is 6.37. The van der Waals surface area contributed by atoms with Crippen LogP contribution in [-0.2, 0) is 9.59 Å². The highest BCUT2D eigenvalue weighted by Crippen LogP contribution is 2.21. The Kier molecular flexibility index (Phi) is 6.77. The second kappa shape index (κ2) is 8.83. The molecule has 1 unspecified atom stereocenters. The summed E-state index contributed by atoms with van der Waals surface area (Å²) in [7, 11) is 1.81. The van der Waals surface area contributed by atoms with E-state index in [1.54, 1.807) is 24.3 Å². The molecule has 0 aliphatic carbocycles. The molecule has 0 aliphatic rings. The Hall–Kier alpha value is -2.37. The summed E-state index contributed by atoms with van der Waals surface area (Å²) in [6.07, 6.45) is 0. The van der Waals surface area contributed by atoms with Crippen molar-refractivity contribution in [3.05, 3.63) is 58.1 Å². The molecular formula is C20H25ClN3O2+. The lowest BCUT2D eigenvalue weighted by molar-refractivity contribution is -0.862. The number of carbonyl (C=O) groups is 2. The first-order valence-electron chi connectivity index (χ1n) is 8.49. The SMILES string of the molecule is Cc1cc(C)c(NC(=O)C[NH+](C)CC(=O)Nc2cccc(Cl)c2)c(C)c1. The predicted molar refractivity (Wildman–Crippen MR) is 106 cm³/mol. The predicted octanol–water partition coefficient (Wildman–Crippen LogP) is 2.36. The molecule has 6 heteroatoms. The molecule has 0 saturated heterocycles. The fourth-order valence-corrected chi connectivity index (χ4v) is 3.13. The Morgan fingerprint density at radius 2 is 1.54 bits per heavy atom. The quantitative estimate of drug-likeness (QED) is 0.726. The molecule has 26 heavy (non-hydrogen) atoms. The molecule has 0 bridgehead atoms. The number of anilines is 2. The number of quaternary nitrogens is 1. The zero-order valence-corrected chi connectivity index (χ0v) is 16.3. The number of likely N-dealkylation sites (N-methyl/N-ethyl adjacent to an activating group) is 1. The number of hydrogen-bond acceptors (Lipinski definition) is 2. The van der Waals surface area contributed by atoms with Gasteiger partial charge >= 0.3 is 0 Å². The maximum Gasteiger partial charge on any atom is 0.279 e. The molecule has 0 fully saturated rings. The Bertz CT molecular complexity index is 797. The summed E-state index contributed by atoms with van der Waals surface area (Å²) < 4.78 is 0. The van der Waals surface area contributed by atoms with E-state index >= 15 is 0 Å². The number of amides is 2. The van der Waals surface area contributed by atoms with Crippen molar-refractivity contribution in [3.8, 4) is 0 Å². The van der Waals surface area contributed by atoms with Gasteiger partial charge in [0.15, 0.2) is 13.1 Å². The van der Waals surface area contributed by atoms with Crippen LogP contribution in [0.3, 0.4) is 0 Å². The van der Waals surface area contributed by atoms with Crippen molar-refractivity contribution in [2.24, 2.45) is 0 Å². The van der Waals surface area contributed by atoms with Gasteiger partial charge in [0, 0.05) is 16.4 Å². The van der Waals surface area contributed by atoms with E-state index in [1.165, 1.54) is 5.56 Å². The van der Waals surface area contributed by atoms with Crippen LogP contribution in [0.5, 0.6) is 0 Å². The zero-order chi connectivity index (χ0) is 19.3. The van der Waals surface area contributed by atoms with Crippen molar-refractivity contribution in [2.75, 3.05) is 30.8 Å². The minimum absolute atomic E-state index is 0.117. The molecule has 0 aliphatic heterocycles. The van der Waals surface area contributed by atoms with E-state index in [9.17, 15) is 9.59 Å². The molecule has 0 radical (unpaired) electrons. The highest BCUT2D eigenvalue weighted by atomic mass is 35.5. The van der Waals surface area contributed by atoms with Crippen LogP contribution in [0.15, 0.2) is 36.4 Å². The molecule has 1 atom stereocenters. The molecular weight excluding hydrogens is 350 g/mol. The van der Waals surface area contributed by atoms with Gasteiger partial charge in [-0.15, -0.1) is 0 Å². The smallest absolute Gasteiger partial charge is 0.279 e. The minimum Gasteiger partial charge on any atom is -0.322 e. The van der Waals surface area contributed by atoms with Crippen LogP contribution >= 0.6 is 11.6 Å². The fourth-order valence-electron chi connectivity index (χ4n) is 2.94. The van der Waals surface area contributed by atoms with Gasteiger partial charge in [0.25, 0.3) is 11.8 Å². The van der Waals surface area contributed by atoms with E-state index in [0.29, 0.717) is 10.7 Å². The van der Waals surface area contributed by atoms with Crippen LogP contribution in [0.1, 0.15) is 16.7 Å². The summed E-state index contributed by atoms with van der Waals surface area (Å²) in [6, 6.07) is 11.1. The van der Waals surface area contributed by atoms with Gasteiger partial charge in [-0.3, -0.25) is 9.59 Å². The lowest BCUT2D eigenvalue weighted by Crippen LogP contribution is -3.11. The third kappa shape index (κ3) is 5.86. The Labute approximate surface area is 159 Å². The average Bonchev–Trinajstić information content (AvgIpc) is 2.50. The fraction of sp³-hybridized carbons (Fsp3) is 0.300. The molecule has 0 spiro atoms. The Morgan fingerprint density at radius 1 is 0.962 bits per heavy atom. The van der Waals surface area contributed by atoms with Crippen molar-refractivity contribution in [3.63, 3.8) is 0 Å². The van der Waals surface area contributed by atoms with Gasteiger partial charge in [-0.1, -0.05) is 35.4 Å². The van der Waals surface area contributed by atoms with Gasteiger partial charge < -0.3 is 15.5 Å². The largest absolute Gasteiger partial charge is 0.322 e. The van der Waals surface area contributed by atoms with Gasteiger partial charge in [0.2, 0.25) is 0 Å². The van der Waals surface area contributed by atoms with Gasteiger partial charge in [-0.2, -0.15) is 0 Å². The molecule has 5 nitrogen and oxygen atoms in total. The highest BCUT2D eigenvalue weighted by molar-refractivity contribution is 6.30. The monoisotopic (exact) mass is 374 g/mol. The van der Waals surface area contributed by atoms with Crippen LogP contribution in [-0.4, -0.2) is 32.0 Å². The minimum atomic E-state index is -0.166. The first kappa shape index (κ1) is 19.9. The van der Waals surface area contributed by atoms with Gasteiger partial charge in [-0.25, -0.2) is 0 Å². The van der Waals surface area contributed by atoms with E-state index in [1.807, 2.05) is 40.0 Å². The first-order chi connectivity index (χ1) is 12.2.